The van der Waals surface area contributed by atoms with E-state index in [1.54, 1.807) is 21.0 Å². The molecule has 1 N–H and O–H groups in total. The number of rotatable bonds is 7. The van der Waals surface area contributed by atoms with Crippen LogP contribution in [0.5, 0.6) is 11.5 Å². The Labute approximate surface area is 162 Å². The molecule has 1 aliphatic rings. The Morgan fingerprint density at radius 2 is 2.07 bits per heavy atom. The van der Waals surface area contributed by atoms with E-state index < -0.39 is 14.6 Å². The average molecular weight is 398 g/mol. The molecule has 1 saturated heterocycles. The third-order valence-corrected chi connectivity index (χ3v) is 7.08. The first-order valence-electron chi connectivity index (χ1n) is 9.31. The predicted molar refractivity (Wildman–Crippen MR) is 109 cm³/mol. The fourth-order valence-corrected chi connectivity index (χ4v) is 4.25. The summed E-state index contributed by atoms with van der Waals surface area (Å²) >= 11 is 0. The van der Waals surface area contributed by atoms with E-state index in [4.69, 9.17) is 9.47 Å². The van der Waals surface area contributed by atoms with Gasteiger partial charge in [0.05, 0.1) is 24.2 Å². The van der Waals surface area contributed by atoms with Crippen LogP contribution in [0.15, 0.2) is 29.3 Å². The molecule has 0 spiro atoms. The largest absolute Gasteiger partial charge is 0.497 e. The highest BCUT2D eigenvalue weighted by atomic mass is 32.2. The SMILES string of the molecule is CCNC(=NCCCOc1cccc(OC)c1)N1CCS(=O)(=O)C(C)(C)C1. The molecule has 27 heavy (non-hydrogen) atoms. The lowest BCUT2D eigenvalue weighted by Crippen LogP contribution is -2.57. The van der Waals surface area contributed by atoms with Crippen molar-refractivity contribution in [1.29, 1.82) is 0 Å². The van der Waals surface area contributed by atoms with Crippen LogP contribution in [0, 0.1) is 0 Å². The number of ether oxygens (including phenoxy) is 2. The molecule has 1 heterocycles. The maximum Gasteiger partial charge on any atom is 0.193 e. The van der Waals surface area contributed by atoms with Crippen molar-refractivity contribution in [2.75, 3.05) is 45.6 Å². The number of aliphatic imine (C=N–C) groups is 1. The van der Waals surface area contributed by atoms with Gasteiger partial charge in [-0.2, -0.15) is 0 Å². The second-order valence-electron chi connectivity index (χ2n) is 7.12. The Bertz CT molecular complexity index is 747. The van der Waals surface area contributed by atoms with E-state index >= 15 is 0 Å². The Hall–Kier alpha value is -1.96. The number of guanidine groups is 1. The van der Waals surface area contributed by atoms with Crippen LogP contribution in [-0.2, 0) is 9.84 Å². The summed E-state index contributed by atoms with van der Waals surface area (Å²) in [6.45, 7) is 8.38. The molecule has 0 aliphatic carbocycles. The van der Waals surface area contributed by atoms with Gasteiger partial charge in [0.25, 0.3) is 0 Å². The summed E-state index contributed by atoms with van der Waals surface area (Å²) in [4.78, 5) is 6.68. The number of sulfone groups is 1. The molecule has 0 saturated carbocycles. The van der Waals surface area contributed by atoms with Crippen molar-refractivity contribution in [3.05, 3.63) is 24.3 Å². The molecule has 2 rings (SSSR count). The lowest BCUT2D eigenvalue weighted by Gasteiger charge is -2.39. The zero-order valence-corrected chi connectivity index (χ0v) is 17.5. The standard InChI is InChI=1S/C19H31N3O4S/c1-5-20-18(22-11-13-27(23,24)19(2,3)15-22)21-10-7-12-26-17-9-6-8-16(14-17)25-4/h6,8-9,14H,5,7,10-13,15H2,1-4H3,(H,20,21). The van der Waals surface area contributed by atoms with Crippen LogP contribution in [-0.4, -0.2) is 69.7 Å². The minimum atomic E-state index is -3.06. The summed E-state index contributed by atoms with van der Waals surface area (Å²) in [5.74, 6) is 2.46. The molecule has 1 fully saturated rings. The van der Waals surface area contributed by atoms with Gasteiger partial charge in [0.2, 0.25) is 0 Å². The number of nitrogens with one attached hydrogen (secondary N) is 1. The van der Waals surface area contributed by atoms with Crippen molar-refractivity contribution in [1.82, 2.24) is 10.2 Å². The number of benzene rings is 1. The summed E-state index contributed by atoms with van der Waals surface area (Å²) in [5, 5.41) is 3.26. The van der Waals surface area contributed by atoms with Crippen molar-refractivity contribution in [3.63, 3.8) is 0 Å². The van der Waals surface area contributed by atoms with E-state index in [1.807, 2.05) is 36.1 Å². The number of hydrogen-bond acceptors (Lipinski definition) is 5. The molecule has 1 aromatic carbocycles. The van der Waals surface area contributed by atoms with E-state index in [1.165, 1.54) is 0 Å². The molecule has 1 aliphatic heterocycles. The zero-order chi connectivity index (χ0) is 19.9. The maximum atomic E-state index is 12.2. The number of hydrogen-bond donors (Lipinski definition) is 1. The van der Waals surface area contributed by atoms with Gasteiger partial charge in [-0.1, -0.05) is 6.07 Å². The fourth-order valence-electron chi connectivity index (χ4n) is 2.88. The van der Waals surface area contributed by atoms with E-state index in [2.05, 4.69) is 10.3 Å². The molecule has 0 atom stereocenters. The van der Waals surface area contributed by atoms with Gasteiger partial charge in [0.1, 0.15) is 11.5 Å². The normalized spacial score (nSPS) is 18.8. The van der Waals surface area contributed by atoms with Crippen molar-refractivity contribution in [2.45, 2.75) is 31.9 Å². The highest BCUT2D eigenvalue weighted by Crippen LogP contribution is 2.23. The Kier molecular flexibility index (Phi) is 7.35. The molecule has 0 unspecified atom stereocenters. The number of nitrogens with zero attached hydrogens (tertiary/aromatic N) is 2. The molecule has 1 aromatic rings. The molecule has 0 radical (unpaired) electrons. The quantitative estimate of drug-likeness (QED) is 0.430. The first kappa shape index (κ1) is 21.3. The Morgan fingerprint density at radius 3 is 2.74 bits per heavy atom. The van der Waals surface area contributed by atoms with Gasteiger partial charge < -0.3 is 19.7 Å². The van der Waals surface area contributed by atoms with Gasteiger partial charge in [-0.05, 0) is 32.9 Å². The Balaban J connectivity index is 1.88. The van der Waals surface area contributed by atoms with Crippen molar-refractivity contribution in [3.8, 4) is 11.5 Å². The third kappa shape index (κ3) is 5.76. The van der Waals surface area contributed by atoms with Crippen molar-refractivity contribution in [2.24, 2.45) is 4.99 Å². The summed E-state index contributed by atoms with van der Waals surface area (Å²) in [7, 11) is -1.43. The van der Waals surface area contributed by atoms with Gasteiger partial charge >= 0.3 is 0 Å². The van der Waals surface area contributed by atoms with Gasteiger partial charge in [0.15, 0.2) is 15.8 Å². The van der Waals surface area contributed by atoms with Gasteiger partial charge in [-0.15, -0.1) is 0 Å². The first-order chi connectivity index (χ1) is 12.8. The molecule has 0 amide bonds. The minimum Gasteiger partial charge on any atom is -0.497 e. The summed E-state index contributed by atoms with van der Waals surface area (Å²) in [6.07, 6.45) is 0.766. The van der Waals surface area contributed by atoms with E-state index in [0.717, 1.165) is 30.4 Å². The van der Waals surface area contributed by atoms with E-state index in [0.29, 0.717) is 26.2 Å². The maximum absolute atomic E-state index is 12.2. The lowest BCUT2D eigenvalue weighted by molar-refractivity contribution is 0.310. The average Bonchev–Trinajstić information content (AvgIpc) is 2.63. The molecule has 0 bridgehead atoms. The zero-order valence-electron chi connectivity index (χ0n) is 16.7. The van der Waals surface area contributed by atoms with Crippen LogP contribution in [0.1, 0.15) is 27.2 Å². The molecular formula is C19H31N3O4S. The van der Waals surface area contributed by atoms with Crippen LogP contribution < -0.4 is 14.8 Å². The molecule has 152 valence electrons. The summed E-state index contributed by atoms with van der Waals surface area (Å²) < 4.78 is 34.5. The third-order valence-electron chi connectivity index (χ3n) is 4.55. The highest BCUT2D eigenvalue weighted by Gasteiger charge is 2.40. The second-order valence-corrected chi connectivity index (χ2v) is 9.86. The summed E-state index contributed by atoms with van der Waals surface area (Å²) in [6, 6.07) is 7.51. The van der Waals surface area contributed by atoms with E-state index in [-0.39, 0.29) is 5.75 Å². The van der Waals surface area contributed by atoms with Gasteiger partial charge in [0, 0.05) is 38.7 Å². The van der Waals surface area contributed by atoms with Crippen LogP contribution in [0.4, 0.5) is 0 Å². The lowest BCUT2D eigenvalue weighted by atomic mass is 10.2. The van der Waals surface area contributed by atoms with Crippen LogP contribution in [0.25, 0.3) is 0 Å². The molecule has 0 aromatic heterocycles. The van der Waals surface area contributed by atoms with E-state index in [9.17, 15) is 8.42 Å². The summed E-state index contributed by atoms with van der Waals surface area (Å²) in [5.41, 5.74) is 0. The smallest absolute Gasteiger partial charge is 0.193 e. The number of methoxy groups -OCH3 is 1. The van der Waals surface area contributed by atoms with Gasteiger partial charge in [-0.3, -0.25) is 4.99 Å². The van der Waals surface area contributed by atoms with Crippen LogP contribution in [0.2, 0.25) is 0 Å². The fraction of sp³-hybridized carbons (Fsp3) is 0.632. The Morgan fingerprint density at radius 1 is 1.33 bits per heavy atom. The van der Waals surface area contributed by atoms with Crippen molar-refractivity contribution >= 4 is 15.8 Å². The van der Waals surface area contributed by atoms with Crippen LogP contribution in [0.3, 0.4) is 0 Å². The first-order valence-corrected chi connectivity index (χ1v) is 11.0. The topological polar surface area (TPSA) is 80.2 Å². The van der Waals surface area contributed by atoms with Crippen molar-refractivity contribution < 1.29 is 17.9 Å². The predicted octanol–water partition coefficient (Wildman–Crippen LogP) is 1.94. The van der Waals surface area contributed by atoms with Gasteiger partial charge in [-0.25, -0.2) is 8.42 Å². The van der Waals surface area contributed by atoms with Crippen LogP contribution >= 0.6 is 0 Å². The molecule has 7 nitrogen and oxygen atoms in total. The molecular weight excluding hydrogens is 366 g/mol. The highest BCUT2D eigenvalue weighted by molar-refractivity contribution is 7.92. The molecule has 8 heteroatoms. The minimum absolute atomic E-state index is 0.156. The second kappa shape index (κ2) is 9.30. The monoisotopic (exact) mass is 397 g/mol.